The van der Waals surface area contributed by atoms with Gasteiger partial charge in [0, 0.05) is 46.2 Å². The number of thiophene rings is 2. The third kappa shape index (κ3) is 4.99. The molecule has 1 aliphatic heterocycles. The minimum Gasteiger partial charge on any atom is -0.365 e. The van der Waals surface area contributed by atoms with Crippen LogP contribution in [-0.2, 0) is 17.6 Å². The first-order chi connectivity index (χ1) is 17.2. The van der Waals surface area contributed by atoms with Crippen LogP contribution < -0.4 is 11.1 Å². The number of rotatable bonds is 5. The molecule has 0 saturated carbocycles. The molecular formula is C25H26Cl2N4O3S2. The van der Waals surface area contributed by atoms with Crippen molar-refractivity contribution in [2.24, 2.45) is 11.7 Å². The van der Waals surface area contributed by atoms with Gasteiger partial charge in [0.2, 0.25) is 5.91 Å². The van der Waals surface area contributed by atoms with Crippen molar-refractivity contribution >= 4 is 78.7 Å². The van der Waals surface area contributed by atoms with E-state index < -0.39 is 5.91 Å². The van der Waals surface area contributed by atoms with Gasteiger partial charge in [-0.25, -0.2) is 0 Å². The number of nitrogens with two attached hydrogens (primary N) is 1. The summed E-state index contributed by atoms with van der Waals surface area (Å²) in [6.45, 7) is 4.49. The lowest BCUT2D eigenvalue weighted by Gasteiger charge is -2.34. The molecule has 0 radical (unpaired) electrons. The smallest absolute Gasteiger partial charge is 0.265 e. The normalized spacial score (nSPS) is 18.3. The molecule has 11 heteroatoms. The lowest BCUT2D eigenvalue weighted by molar-refractivity contribution is -0.117. The first-order valence-electron chi connectivity index (χ1n) is 11.8. The highest BCUT2D eigenvalue weighted by Crippen LogP contribution is 2.40. The second-order valence-electron chi connectivity index (χ2n) is 9.42. The van der Waals surface area contributed by atoms with E-state index in [1.807, 2.05) is 17.0 Å². The SMILES string of the molecule is CC1CCc2c(sc(NC(=O)CN3CCN(C(=O)c4sc5cc(Cl)ccc5c4Cl)CC3)c2C(N)=O)C1. The molecule has 7 nitrogen and oxygen atoms in total. The summed E-state index contributed by atoms with van der Waals surface area (Å²) in [5.41, 5.74) is 7.13. The molecular weight excluding hydrogens is 539 g/mol. The Labute approximate surface area is 227 Å². The highest BCUT2D eigenvalue weighted by molar-refractivity contribution is 7.21. The molecule has 2 aliphatic rings. The summed E-state index contributed by atoms with van der Waals surface area (Å²) in [6, 6.07) is 5.41. The summed E-state index contributed by atoms with van der Waals surface area (Å²) in [7, 11) is 0. The highest BCUT2D eigenvalue weighted by Gasteiger charge is 2.29. The average molecular weight is 566 g/mol. The number of piperazine rings is 1. The van der Waals surface area contributed by atoms with Crippen molar-refractivity contribution in [3.63, 3.8) is 0 Å². The van der Waals surface area contributed by atoms with Crippen molar-refractivity contribution in [2.75, 3.05) is 38.0 Å². The molecule has 0 bridgehead atoms. The Morgan fingerprint density at radius 2 is 1.89 bits per heavy atom. The summed E-state index contributed by atoms with van der Waals surface area (Å²) in [4.78, 5) is 43.5. The zero-order chi connectivity index (χ0) is 25.6. The number of fused-ring (bicyclic) bond motifs is 2. The Morgan fingerprint density at radius 3 is 2.61 bits per heavy atom. The third-order valence-corrected chi connectivity index (χ3v) is 9.87. The van der Waals surface area contributed by atoms with Crippen LogP contribution in [0.4, 0.5) is 5.00 Å². The highest BCUT2D eigenvalue weighted by atomic mass is 35.5. The summed E-state index contributed by atoms with van der Waals surface area (Å²) in [5.74, 6) is -0.231. The van der Waals surface area contributed by atoms with E-state index in [0.29, 0.717) is 57.6 Å². The van der Waals surface area contributed by atoms with Crippen LogP contribution in [0.25, 0.3) is 10.1 Å². The average Bonchev–Trinajstić information content (AvgIpc) is 3.35. The predicted octanol–water partition coefficient (Wildman–Crippen LogP) is 4.89. The quantitative estimate of drug-likeness (QED) is 0.461. The Morgan fingerprint density at radius 1 is 1.14 bits per heavy atom. The van der Waals surface area contributed by atoms with Crippen LogP contribution in [-0.4, -0.2) is 60.2 Å². The Hall–Kier alpha value is -2.17. The van der Waals surface area contributed by atoms with E-state index in [1.165, 1.54) is 22.7 Å². The van der Waals surface area contributed by atoms with Crippen molar-refractivity contribution in [3.8, 4) is 0 Å². The largest absolute Gasteiger partial charge is 0.365 e. The Kier molecular flexibility index (Phi) is 7.29. The van der Waals surface area contributed by atoms with Crippen LogP contribution in [0.5, 0.6) is 0 Å². The van der Waals surface area contributed by atoms with Crippen molar-refractivity contribution in [3.05, 3.63) is 49.1 Å². The number of halogens is 2. The number of nitrogens with one attached hydrogen (secondary N) is 1. The van der Waals surface area contributed by atoms with Crippen LogP contribution in [0.15, 0.2) is 18.2 Å². The van der Waals surface area contributed by atoms with Crippen molar-refractivity contribution in [2.45, 2.75) is 26.2 Å². The van der Waals surface area contributed by atoms with Gasteiger partial charge >= 0.3 is 0 Å². The lowest BCUT2D eigenvalue weighted by Crippen LogP contribution is -2.50. The van der Waals surface area contributed by atoms with E-state index in [0.717, 1.165) is 39.8 Å². The molecule has 1 atom stereocenters. The molecule has 3 heterocycles. The molecule has 190 valence electrons. The first kappa shape index (κ1) is 25.5. The topological polar surface area (TPSA) is 95.7 Å². The molecule has 1 aromatic carbocycles. The first-order valence-corrected chi connectivity index (χ1v) is 14.2. The van der Waals surface area contributed by atoms with Gasteiger partial charge < -0.3 is 16.0 Å². The van der Waals surface area contributed by atoms with Gasteiger partial charge in [-0.15, -0.1) is 22.7 Å². The molecule has 3 N–H and O–H groups in total. The van der Waals surface area contributed by atoms with Gasteiger partial charge in [-0.3, -0.25) is 19.3 Å². The summed E-state index contributed by atoms with van der Waals surface area (Å²) >= 11 is 15.4. The van der Waals surface area contributed by atoms with Gasteiger partial charge in [0.25, 0.3) is 11.8 Å². The van der Waals surface area contributed by atoms with E-state index in [4.69, 9.17) is 28.9 Å². The molecule has 5 rings (SSSR count). The van der Waals surface area contributed by atoms with Gasteiger partial charge in [0.05, 0.1) is 17.1 Å². The molecule has 1 saturated heterocycles. The minimum atomic E-state index is -0.494. The molecule has 36 heavy (non-hydrogen) atoms. The van der Waals surface area contributed by atoms with Crippen molar-refractivity contribution in [1.29, 1.82) is 0 Å². The van der Waals surface area contributed by atoms with E-state index in [1.54, 1.807) is 11.0 Å². The monoisotopic (exact) mass is 564 g/mol. The van der Waals surface area contributed by atoms with Crippen molar-refractivity contribution < 1.29 is 14.4 Å². The van der Waals surface area contributed by atoms with Crippen LogP contribution in [0, 0.1) is 5.92 Å². The fourth-order valence-electron chi connectivity index (χ4n) is 4.90. The van der Waals surface area contributed by atoms with Crippen LogP contribution in [0.1, 0.15) is 43.8 Å². The second-order valence-corrected chi connectivity index (χ2v) is 12.4. The van der Waals surface area contributed by atoms with Gasteiger partial charge in [-0.2, -0.15) is 0 Å². The minimum absolute atomic E-state index is 0.106. The van der Waals surface area contributed by atoms with Gasteiger partial charge in [-0.1, -0.05) is 36.2 Å². The van der Waals surface area contributed by atoms with E-state index in [2.05, 4.69) is 12.2 Å². The summed E-state index contributed by atoms with van der Waals surface area (Å²) in [5, 5.41) is 5.37. The predicted molar refractivity (Wildman–Crippen MR) is 147 cm³/mol. The third-order valence-electron chi connectivity index (χ3n) is 6.82. The van der Waals surface area contributed by atoms with Crippen LogP contribution in [0.3, 0.4) is 0 Å². The molecule has 3 amide bonds. The number of anilines is 1. The van der Waals surface area contributed by atoms with Gasteiger partial charge in [0.15, 0.2) is 0 Å². The molecule has 1 fully saturated rings. The fraction of sp³-hybridized carbons (Fsp3) is 0.400. The fourth-order valence-corrected chi connectivity index (χ4v) is 8.09. The number of amides is 3. The number of primary amides is 1. The standard InChI is InChI=1S/C25H26Cl2N4O3S2/c1-13-2-4-15-17(10-13)36-24(20(15)23(28)33)29-19(32)12-30-6-8-31(9-7-30)25(34)22-21(27)16-5-3-14(26)11-18(16)35-22/h3,5,11,13H,2,4,6-10,12H2,1H3,(H2,28,33)(H,29,32). The summed E-state index contributed by atoms with van der Waals surface area (Å²) < 4.78 is 0.881. The molecule has 1 unspecified atom stereocenters. The number of nitrogens with zero attached hydrogens (tertiary/aromatic N) is 2. The molecule has 2 aromatic heterocycles. The Bertz CT molecular complexity index is 1360. The van der Waals surface area contributed by atoms with Crippen LogP contribution in [0.2, 0.25) is 10.0 Å². The number of carbonyl (C=O) groups excluding carboxylic acids is 3. The maximum atomic E-state index is 13.1. The lowest BCUT2D eigenvalue weighted by atomic mass is 9.88. The van der Waals surface area contributed by atoms with Crippen LogP contribution >= 0.6 is 45.9 Å². The number of benzene rings is 1. The van der Waals surface area contributed by atoms with Crippen molar-refractivity contribution in [1.82, 2.24) is 9.80 Å². The van der Waals surface area contributed by atoms with Gasteiger partial charge in [0.1, 0.15) is 9.88 Å². The van der Waals surface area contributed by atoms with Gasteiger partial charge in [-0.05, 0) is 42.9 Å². The molecule has 0 spiro atoms. The maximum Gasteiger partial charge on any atom is 0.265 e. The summed E-state index contributed by atoms with van der Waals surface area (Å²) in [6.07, 6.45) is 2.73. The van der Waals surface area contributed by atoms with E-state index in [9.17, 15) is 14.4 Å². The maximum absolute atomic E-state index is 13.1. The Balaban J connectivity index is 1.20. The zero-order valence-electron chi connectivity index (χ0n) is 19.7. The zero-order valence-corrected chi connectivity index (χ0v) is 22.9. The second kappa shape index (κ2) is 10.3. The number of carbonyl (C=O) groups is 3. The van der Waals surface area contributed by atoms with E-state index >= 15 is 0 Å². The molecule has 1 aliphatic carbocycles. The number of hydrogen-bond acceptors (Lipinski definition) is 6. The number of hydrogen-bond donors (Lipinski definition) is 2. The van der Waals surface area contributed by atoms with E-state index in [-0.39, 0.29) is 18.4 Å². The molecule has 3 aromatic rings.